The molecule has 1 atom stereocenters. The Balaban J connectivity index is 2.25. The lowest BCUT2D eigenvalue weighted by molar-refractivity contribution is -0.119. The molecule has 1 heterocycles. The first-order chi connectivity index (χ1) is 12.4. The lowest BCUT2D eigenvalue weighted by Crippen LogP contribution is -2.34. The molecule has 0 radical (unpaired) electrons. The molecule has 0 bridgehead atoms. The lowest BCUT2D eigenvalue weighted by atomic mass is 10.2. The molecule has 1 aromatic heterocycles. The maximum absolute atomic E-state index is 12.8. The largest absolute Gasteiger partial charge is 0.355 e. The minimum absolute atomic E-state index is 0.0971. The van der Waals surface area contributed by atoms with Gasteiger partial charge in [-0.25, -0.2) is 4.98 Å². The summed E-state index contributed by atoms with van der Waals surface area (Å²) in [6, 6.07) is 7.22. The summed E-state index contributed by atoms with van der Waals surface area (Å²) in [7, 11) is 0. The van der Waals surface area contributed by atoms with Gasteiger partial charge in [0.2, 0.25) is 11.8 Å². The Bertz CT molecular complexity index is 850. The molecule has 2 amide bonds. The van der Waals surface area contributed by atoms with Crippen LogP contribution in [-0.2, 0) is 16.1 Å². The number of amides is 2. The Morgan fingerprint density at radius 2 is 2.04 bits per heavy atom. The minimum Gasteiger partial charge on any atom is -0.355 e. The number of para-hydroxylation sites is 1. The molecule has 140 valence electrons. The van der Waals surface area contributed by atoms with Gasteiger partial charge in [0.1, 0.15) is 0 Å². The van der Waals surface area contributed by atoms with E-state index in [0.29, 0.717) is 29.1 Å². The quantitative estimate of drug-likeness (QED) is 0.538. The molecule has 2 rings (SSSR count). The van der Waals surface area contributed by atoms with Crippen LogP contribution in [0, 0.1) is 0 Å². The van der Waals surface area contributed by atoms with E-state index < -0.39 is 0 Å². The van der Waals surface area contributed by atoms with E-state index in [-0.39, 0.29) is 29.2 Å². The summed E-state index contributed by atoms with van der Waals surface area (Å²) in [6.45, 7) is 5.99. The summed E-state index contributed by atoms with van der Waals surface area (Å²) in [5, 5.41) is 6.57. The number of carbonyl (C=O) groups is 2. The number of hydrogen-bond acceptors (Lipinski definition) is 5. The first-order valence-corrected chi connectivity index (χ1v) is 9.57. The highest BCUT2D eigenvalue weighted by Crippen LogP contribution is 2.17. The van der Waals surface area contributed by atoms with Gasteiger partial charge in [-0.3, -0.25) is 19.0 Å². The molecule has 0 fully saturated rings. The van der Waals surface area contributed by atoms with Crippen LogP contribution in [0.3, 0.4) is 0 Å². The highest BCUT2D eigenvalue weighted by molar-refractivity contribution is 7.99. The first-order valence-electron chi connectivity index (χ1n) is 8.58. The molecular weight excluding hydrogens is 352 g/mol. The topological polar surface area (TPSA) is 93.1 Å². The van der Waals surface area contributed by atoms with Crippen LogP contribution in [0.4, 0.5) is 0 Å². The molecule has 0 spiro atoms. The number of nitrogens with zero attached hydrogens (tertiary/aromatic N) is 2. The number of fused-ring (bicyclic) bond motifs is 1. The number of hydrogen-bond donors (Lipinski definition) is 2. The summed E-state index contributed by atoms with van der Waals surface area (Å²) in [4.78, 5) is 40.5. The van der Waals surface area contributed by atoms with E-state index in [4.69, 9.17) is 0 Å². The summed E-state index contributed by atoms with van der Waals surface area (Å²) in [6.07, 6.45) is 0.853. The number of aromatic nitrogens is 2. The van der Waals surface area contributed by atoms with Crippen molar-refractivity contribution in [3.63, 3.8) is 0 Å². The molecule has 2 aromatic rings. The standard InChI is InChI=1S/C18H24N4O3S/c1-4-12(2)20-16(24)11-26-18-21-15-8-6-5-7-14(15)17(25)22(18)10-9-19-13(3)23/h5-8,12H,4,9-11H2,1-3H3,(H,19,23)(H,20,24)/t12-/m0/s1. The van der Waals surface area contributed by atoms with Gasteiger partial charge in [0, 0.05) is 26.1 Å². The molecule has 7 nitrogen and oxygen atoms in total. The van der Waals surface area contributed by atoms with Crippen molar-refractivity contribution >= 4 is 34.5 Å². The Labute approximate surface area is 156 Å². The van der Waals surface area contributed by atoms with E-state index in [1.807, 2.05) is 19.9 Å². The molecule has 0 aliphatic heterocycles. The number of carbonyl (C=O) groups excluding carboxylic acids is 2. The fourth-order valence-electron chi connectivity index (χ4n) is 2.35. The summed E-state index contributed by atoms with van der Waals surface area (Å²) in [5.74, 6) is -0.0796. The van der Waals surface area contributed by atoms with Gasteiger partial charge in [-0.2, -0.15) is 0 Å². The van der Waals surface area contributed by atoms with E-state index in [9.17, 15) is 14.4 Å². The Hall–Kier alpha value is -2.35. The zero-order valence-electron chi connectivity index (χ0n) is 15.2. The Morgan fingerprint density at radius 3 is 2.73 bits per heavy atom. The fourth-order valence-corrected chi connectivity index (χ4v) is 3.18. The number of benzene rings is 1. The van der Waals surface area contributed by atoms with Crippen molar-refractivity contribution in [3.8, 4) is 0 Å². The Kier molecular flexibility index (Phi) is 7.20. The maximum Gasteiger partial charge on any atom is 0.262 e. The van der Waals surface area contributed by atoms with Crippen molar-refractivity contribution in [1.82, 2.24) is 20.2 Å². The average molecular weight is 376 g/mol. The zero-order chi connectivity index (χ0) is 19.1. The summed E-state index contributed by atoms with van der Waals surface area (Å²) in [5.41, 5.74) is 0.420. The van der Waals surface area contributed by atoms with Crippen LogP contribution in [0.15, 0.2) is 34.2 Å². The van der Waals surface area contributed by atoms with E-state index in [2.05, 4.69) is 15.6 Å². The van der Waals surface area contributed by atoms with Crippen LogP contribution in [0.2, 0.25) is 0 Å². The summed E-state index contributed by atoms with van der Waals surface area (Å²) < 4.78 is 1.51. The lowest BCUT2D eigenvalue weighted by Gasteiger charge is -2.14. The van der Waals surface area contributed by atoms with Crippen LogP contribution >= 0.6 is 11.8 Å². The molecule has 0 aliphatic rings. The van der Waals surface area contributed by atoms with Gasteiger partial charge in [-0.1, -0.05) is 30.8 Å². The Morgan fingerprint density at radius 1 is 1.31 bits per heavy atom. The molecular formula is C18H24N4O3S. The predicted octanol–water partition coefficient (Wildman–Crippen LogP) is 1.54. The van der Waals surface area contributed by atoms with Crippen LogP contribution in [0.25, 0.3) is 10.9 Å². The summed E-state index contributed by atoms with van der Waals surface area (Å²) >= 11 is 1.22. The third-order valence-electron chi connectivity index (χ3n) is 3.89. The second-order valence-corrected chi connectivity index (χ2v) is 6.96. The fraction of sp³-hybridized carbons (Fsp3) is 0.444. The first kappa shape index (κ1) is 20.0. The average Bonchev–Trinajstić information content (AvgIpc) is 2.61. The molecule has 0 saturated carbocycles. The van der Waals surface area contributed by atoms with Crippen molar-refractivity contribution in [2.75, 3.05) is 12.3 Å². The molecule has 26 heavy (non-hydrogen) atoms. The third kappa shape index (κ3) is 5.32. The second-order valence-electron chi connectivity index (χ2n) is 6.02. The van der Waals surface area contributed by atoms with Crippen molar-refractivity contribution in [3.05, 3.63) is 34.6 Å². The highest BCUT2D eigenvalue weighted by atomic mass is 32.2. The molecule has 2 N–H and O–H groups in total. The van der Waals surface area contributed by atoms with Crippen LogP contribution in [0.1, 0.15) is 27.2 Å². The van der Waals surface area contributed by atoms with E-state index in [1.54, 1.807) is 18.2 Å². The van der Waals surface area contributed by atoms with Gasteiger partial charge in [0.25, 0.3) is 5.56 Å². The van der Waals surface area contributed by atoms with Gasteiger partial charge >= 0.3 is 0 Å². The van der Waals surface area contributed by atoms with Crippen LogP contribution in [0.5, 0.6) is 0 Å². The zero-order valence-corrected chi connectivity index (χ0v) is 16.1. The van der Waals surface area contributed by atoms with Crippen molar-refractivity contribution in [1.29, 1.82) is 0 Å². The van der Waals surface area contributed by atoms with Gasteiger partial charge in [0.15, 0.2) is 5.16 Å². The third-order valence-corrected chi connectivity index (χ3v) is 4.86. The predicted molar refractivity (Wildman–Crippen MR) is 103 cm³/mol. The maximum atomic E-state index is 12.8. The van der Waals surface area contributed by atoms with Crippen LogP contribution < -0.4 is 16.2 Å². The van der Waals surface area contributed by atoms with Crippen molar-refractivity contribution in [2.24, 2.45) is 0 Å². The number of rotatable bonds is 8. The molecule has 0 aliphatic carbocycles. The van der Waals surface area contributed by atoms with Crippen molar-refractivity contribution in [2.45, 2.75) is 44.9 Å². The van der Waals surface area contributed by atoms with E-state index >= 15 is 0 Å². The molecule has 0 unspecified atom stereocenters. The highest BCUT2D eigenvalue weighted by Gasteiger charge is 2.14. The molecule has 8 heteroatoms. The number of nitrogens with one attached hydrogen (secondary N) is 2. The normalized spacial score (nSPS) is 12.0. The van der Waals surface area contributed by atoms with Gasteiger partial charge in [-0.15, -0.1) is 0 Å². The molecule has 0 saturated heterocycles. The smallest absolute Gasteiger partial charge is 0.262 e. The van der Waals surface area contributed by atoms with Crippen LogP contribution in [-0.4, -0.2) is 39.7 Å². The number of thioether (sulfide) groups is 1. The van der Waals surface area contributed by atoms with E-state index in [1.165, 1.54) is 23.3 Å². The van der Waals surface area contributed by atoms with Gasteiger partial charge in [0.05, 0.1) is 16.7 Å². The van der Waals surface area contributed by atoms with Crippen molar-refractivity contribution < 1.29 is 9.59 Å². The van der Waals surface area contributed by atoms with Gasteiger partial charge < -0.3 is 10.6 Å². The van der Waals surface area contributed by atoms with Gasteiger partial charge in [-0.05, 0) is 25.5 Å². The minimum atomic E-state index is -0.175. The molecule has 1 aromatic carbocycles. The van der Waals surface area contributed by atoms with E-state index in [0.717, 1.165) is 6.42 Å². The second kappa shape index (κ2) is 9.38. The SMILES string of the molecule is CC[C@H](C)NC(=O)CSc1nc2ccccc2c(=O)n1CCNC(C)=O. The monoisotopic (exact) mass is 376 g/mol.